The Morgan fingerprint density at radius 1 is 1.04 bits per heavy atom. The predicted octanol–water partition coefficient (Wildman–Crippen LogP) is 1.90. The standard InChI is InChI=1S/C19H22O5/c20-17-10-5-6-11(17)15-14(10)12-7-13(16(15)18(12)21)19(22)24-8-23-9-3-1-2-4-9/h5-6,9-16H,1-4,7-8H2. The highest BCUT2D eigenvalue weighted by Gasteiger charge is 2.69. The van der Waals surface area contributed by atoms with Gasteiger partial charge in [0, 0.05) is 23.7 Å². The molecule has 24 heavy (non-hydrogen) atoms. The van der Waals surface area contributed by atoms with Crippen LogP contribution in [-0.2, 0) is 23.9 Å². The molecule has 4 fully saturated rings. The number of Topliss-reactive ketones (excluding diaryl/α,β-unsaturated/α-hetero) is 2. The molecular weight excluding hydrogens is 308 g/mol. The van der Waals surface area contributed by atoms with Gasteiger partial charge in [0.2, 0.25) is 0 Å². The molecule has 5 aliphatic rings. The summed E-state index contributed by atoms with van der Waals surface area (Å²) >= 11 is 0. The van der Waals surface area contributed by atoms with E-state index in [1.807, 2.05) is 12.2 Å². The van der Waals surface area contributed by atoms with Crippen molar-refractivity contribution in [2.45, 2.75) is 38.2 Å². The Morgan fingerprint density at radius 2 is 1.75 bits per heavy atom. The van der Waals surface area contributed by atoms with Crippen LogP contribution in [0.25, 0.3) is 0 Å². The lowest BCUT2D eigenvalue weighted by Gasteiger charge is -2.33. The first-order valence-electron chi connectivity index (χ1n) is 9.21. The molecule has 128 valence electrons. The Bertz CT molecular complexity index is 632. The van der Waals surface area contributed by atoms with Crippen molar-refractivity contribution in [1.29, 1.82) is 0 Å². The second kappa shape index (κ2) is 5.25. The molecule has 0 saturated heterocycles. The molecular formula is C19H22O5. The number of fused-ring (bicyclic) bond motifs is 9. The molecule has 0 aliphatic heterocycles. The zero-order chi connectivity index (χ0) is 16.4. The highest BCUT2D eigenvalue weighted by atomic mass is 16.7. The highest BCUT2D eigenvalue weighted by Crippen LogP contribution is 2.64. The first-order valence-corrected chi connectivity index (χ1v) is 9.21. The Morgan fingerprint density at radius 3 is 2.50 bits per heavy atom. The van der Waals surface area contributed by atoms with E-state index < -0.39 is 0 Å². The Labute approximate surface area is 140 Å². The molecule has 7 unspecified atom stereocenters. The van der Waals surface area contributed by atoms with Gasteiger partial charge in [0.05, 0.1) is 12.0 Å². The van der Waals surface area contributed by atoms with Crippen molar-refractivity contribution >= 4 is 17.5 Å². The van der Waals surface area contributed by atoms with E-state index in [9.17, 15) is 14.4 Å². The molecule has 4 bridgehead atoms. The summed E-state index contributed by atoms with van der Waals surface area (Å²) < 4.78 is 10.9. The fraction of sp³-hybridized carbons (Fsp3) is 0.737. The molecule has 0 amide bonds. The Kier molecular flexibility index (Phi) is 3.24. The third-order valence-electron chi connectivity index (χ3n) is 7.08. The van der Waals surface area contributed by atoms with Crippen LogP contribution in [0.3, 0.4) is 0 Å². The summed E-state index contributed by atoms with van der Waals surface area (Å²) in [5.74, 6) is -0.745. The number of hydrogen-bond donors (Lipinski definition) is 0. The predicted molar refractivity (Wildman–Crippen MR) is 82.5 cm³/mol. The Hall–Kier alpha value is -1.49. The summed E-state index contributed by atoms with van der Waals surface area (Å²) in [5.41, 5.74) is 0. The average Bonchev–Trinajstić information content (AvgIpc) is 3.36. The molecule has 0 spiro atoms. The third-order valence-corrected chi connectivity index (χ3v) is 7.08. The van der Waals surface area contributed by atoms with Gasteiger partial charge in [-0.3, -0.25) is 14.4 Å². The van der Waals surface area contributed by atoms with Crippen LogP contribution in [0.15, 0.2) is 12.2 Å². The summed E-state index contributed by atoms with van der Waals surface area (Å²) in [7, 11) is 0. The van der Waals surface area contributed by atoms with Gasteiger partial charge in [-0.15, -0.1) is 0 Å². The van der Waals surface area contributed by atoms with Crippen LogP contribution < -0.4 is 0 Å². The van der Waals surface area contributed by atoms with E-state index in [-0.39, 0.29) is 71.9 Å². The lowest BCUT2D eigenvalue weighted by atomic mass is 9.69. The molecule has 4 saturated carbocycles. The lowest BCUT2D eigenvalue weighted by molar-refractivity contribution is -0.169. The van der Waals surface area contributed by atoms with Crippen molar-refractivity contribution in [3.05, 3.63) is 12.2 Å². The van der Waals surface area contributed by atoms with Crippen LogP contribution in [0.1, 0.15) is 32.1 Å². The zero-order valence-corrected chi connectivity index (χ0v) is 13.6. The fourth-order valence-corrected chi connectivity index (χ4v) is 6.13. The van der Waals surface area contributed by atoms with Gasteiger partial charge < -0.3 is 9.47 Å². The molecule has 5 heteroatoms. The van der Waals surface area contributed by atoms with E-state index in [1.54, 1.807) is 0 Å². The molecule has 0 aromatic heterocycles. The molecule has 0 aromatic rings. The maximum Gasteiger partial charge on any atom is 0.311 e. The van der Waals surface area contributed by atoms with Crippen molar-refractivity contribution in [2.75, 3.05) is 6.79 Å². The third kappa shape index (κ3) is 1.88. The van der Waals surface area contributed by atoms with E-state index in [2.05, 4.69) is 0 Å². The SMILES string of the molecule is O=C1C2C=CC1C1C3C(=O)C(CC3C(=O)OCOC3CCCC3)C21. The fourth-order valence-electron chi connectivity index (χ4n) is 6.13. The summed E-state index contributed by atoms with van der Waals surface area (Å²) in [4.78, 5) is 37.4. The van der Waals surface area contributed by atoms with Crippen molar-refractivity contribution in [2.24, 2.45) is 41.4 Å². The maximum atomic E-state index is 12.6. The van der Waals surface area contributed by atoms with E-state index in [0.717, 1.165) is 12.8 Å². The topological polar surface area (TPSA) is 69.7 Å². The minimum absolute atomic E-state index is 0.00937. The summed E-state index contributed by atoms with van der Waals surface area (Å²) in [6, 6.07) is 0. The summed E-state index contributed by atoms with van der Waals surface area (Å²) in [6.45, 7) is -0.00937. The van der Waals surface area contributed by atoms with E-state index in [4.69, 9.17) is 9.47 Å². The lowest BCUT2D eigenvalue weighted by Crippen LogP contribution is -2.36. The van der Waals surface area contributed by atoms with Gasteiger partial charge in [-0.05, 0) is 31.1 Å². The second-order valence-electron chi connectivity index (χ2n) is 8.02. The number of allylic oxidation sites excluding steroid dienone is 2. The zero-order valence-electron chi connectivity index (χ0n) is 13.6. The van der Waals surface area contributed by atoms with Gasteiger partial charge in [-0.2, -0.15) is 0 Å². The average molecular weight is 330 g/mol. The smallest absolute Gasteiger partial charge is 0.311 e. The molecule has 5 rings (SSSR count). The molecule has 0 aromatic carbocycles. The molecule has 5 aliphatic carbocycles. The minimum Gasteiger partial charge on any atom is -0.438 e. The van der Waals surface area contributed by atoms with Gasteiger partial charge in [0.25, 0.3) is 0 Å². The van der Waals surface area contributed by atoms with Crippen LogP contribution >= 0.6 is 0 Å². The van der Waals surface area contributed by atoms with E-state index in [0.29, 0.717) is 6.42 Å². The van der Waals surface area contributed by atoms with Gasteiger partial charge in [-0.25, -0.2) is 0 Å². The first-order chi connectivity index (χ1) is 11.7. The number of carbonyl (C=O) groups is 3. The van der Waals surface area contributed by atoms with Crippen molar-refractivity contribution in [3.63, 3.8) is 0 Å². The molecule has 5 nitrogen and oxygen atoms in total. The normalized spacial score (nSPS) is 45.4. The molecule has 0 heterocycles. The van der Waals surface area contributed by atoms with Gasteiger partial charge in [0.15, 0.2) is 6.79 Å². The largest absolute Gasteiger partial charge is 0.438 e. The van der Waals surface area contributed by atoms with E-state index in [1.165, 1.54) is 12.8 Å². The van der Waals surface area contributed by atoms with Crippen LogP contribution in [0.2, 0.25) is 0 Å². The minimum atomic E-state index is -0.378. The monoisotopic (exact) mass is 330 g/mol. The van der Waals surface area contributed by atoms with Gasteiger partial charge in [0.1, 0.15) is 11.6 Å². The number of hydrogen-bond acceptors (Lipinski definition) is 5. The molecule has 0 radical (unpaired) electrons. The number of esters is 1. The first kappa shape index (κ1) is 14.8. The summed E-state index contributed by atoms with van der Waals surface area (Å²) in [6.07, 6.45) is 9.10. The van der Waals surface area contributed by atoms with Gasteiger partial charge in [-0.1, -0.05) is 25.0 Å². The number of rotatable bonds is 4. The molecule has 7 atom stereocenters. The summed E-state index contributed by atoms with van der Waals surface area (Å²) in [5, 5.41) is 0. The maximum absolute atomic E-state index is 12.6. The Balaban J connectivity index is 1.26. The number of carbonyl (C=O) groups excluding carboxylic acids is 3. The van der Waals surface area contributed by atoms with E-state index >= 15 is 0 Å². The number of ether oxygens (including phenoxy) is 2. The van der Waals surface area contributed by atoms with Crippen LogP contribution in [0, 0.1) is 41.4 Å². The molecule has 0 N–H and O–H groups in total. The van der Waals surface area contributed by atoms with Crippen LogP contribution in [-0.4, -0.2) is 30.4 Å². The van der Waals surface area contributed by atoms with Crippen LogP contribution in [0.5, 0.6) is 0 Å². The van der Waals surface area contributed by atoms with Crippen molar-refractivity contribution < 1.29 is 23.9 Å². The second-order valence-corrected chi connectivity index (χ2v) is 8.02. The quantitative estimate of drug-likeness (QED) is 0.341. The highest BCUT2D eigenvalue weighted by molar-refractivity contribution is 6.01. The van der Waals surface area contributed by atoms with Crippen molar-refractivity contribution in [1.82, 2.24) is 0 Å². The van der Waals surface area contributed by atoms with Crippen molar-refractivity contribution in [3.8, 4) is 0 Å². The van der Waals surface area contributed by atoms with Gasteiger partial charge >= 0.3 is 5.97 Å². The van der Waals surface area contributed by atoms with Crippen LogP contribution in [0.4, 0.5) is 0 Å². The number of ketones is 2.